The highest BCUT2D eigenvalue weighted by Gasteiger charge is 2.16. The van der Waals surface area contributed by atoms with Crippen LogP contribution in [0.5, 0.6) is 11.5 Å². The van der Waals surface area contributed by atoms with E-state index in [1.807, 2.05) is 0 Å². The molecule has 3 rings (SSSR count). The number of methoxy groups -OCH3 is 1. The van der Waals surface area contributed by atoms with Crippen LogP contribution >= 0.6 is 11.3 Å². The topological polar surface area (TPSA) is 79.1 Å². The second kappa shape index (κ2) is 5.64. The van der Waals surface area contributed by atoms with E-state index in [1.54, 1.807) is 32.2 Å². The second-order valence-electron chi connectivity index (χ2n) is 4.27. The smallest absolute Gasteiger partial charge is 0.497 e. The third-order valence-electron chi connectivity index (χ3n) is 2.97. The summed E-state index contributed by atoms with van der Waals surface area (Å²) in [6, 6.07) is 5.31. The molecule has 2 heterocycles. The van der Waals surface area contributed by atoms with Gasteiger partial charge in [-0.25, -0.2) is 14.0 Å². The number of rotatable bonds is 3. The van der Waals surface area contributed by atoms with Crippen LogP contribution in [0.3, 0.4) is 0 Å². The quantitative estimate of drug-likeness (QED) is 0.690. The molecule has 0 aliphatic heterocycles. The average Bonchev–Trinajstić information content (AvgIpc) is 2.89. The Hall–Kier alpha value is -2.61. The van der Waals surface area contributed by atoms with Gasteiger partial charge in [0.25, 0.3) is 0 Å². The first kappa shape index (κ1) is 14.3. The van der Waals surface area contributed by atoms with Crippen molar-refractivity contribution in [1.82, 2.24) is 9.38 Å². The summed E-state index contributed by atoms with van der Waals surface area (Å²) < 4.78 is 17.2. The van der Waals surface area contributed by atoms with Gasteiger partial charge in [0.1, 0.15) is 10.6 Å². The monoisotopic (exact) mass is 320 g/mol. The number of fused-ring (bicyclic) bond motifs is 3. The maximum absolute atomic E-state index is 12.0. The lowest BCUT2D eigenvalue weighted by Gasteiger charge is -2.04. The Kier molecular flexibility index (Phi) is 3.68. The number of aromatic nitrogens is 2. The number of carbonyl (C=O) groups excluding carboxylic acids is 1. The third-order valence-corrected chi connectivity index (χ3v) is 4.09. The number of nitrogens with zero attached hydrogens (tertiary/aromatic N) is 2. The number of hydrogen-bond acceptors (Lipinski definition) is 7. The van der Waals surface area contributed by atoms with Gasteiger partial charge >= 0.3 is 11.8 Å². The van der Waals surface area contributed by atoms with E-state index in [2.05, 4.69) is 4.98 Å². The summed E-state index contributed by atoms with van der Waals surface area (Å²) in [6.07, 6.45) is 0.390. The van der Waals surface area contributed by atoms with Crippen LogP contribution in [-0.2, 0) is 4.74 Å². The van der Waals surface area contributed by atoms with Crippen molar-refractivity contribution in [3.63, 3.8) is 0 Å². The van der Waals surface area contributed by atoms with Crippen molar-refractivity contribution >= 4 is 32.5 Å². The van der Waals surface area contributed by atoms with E-state index in [4.69, 9.17) is 14.2 Å². The highest BCUT2D eigenvalue weighted by Crippen LogP contribution is 2.33. The zero-order valence-electron chi connectivity index (χ0n) is 11.9. The number of benzene rings is 1. The molecule has 7 nitrogen and oxygen atoms in total. The lowest BCUT2D eigenvalue weighted by Crippen LogP contribution is -2.17. The SMILES string of the molecule is CCOC(=O)Oc1cnc(=O)n2c1sc1cc(OC)ccc12. The third kappa shape index (κ3) is 2.37. The van der Waals surface area contributed by atoms with Gasteiger partial charge in [0.2, 0.25) is 0 Å². The Morgan fingerprint density at radius 3 is 2.95 bits per heavy atom. The van der Waals surface area contributed by atoms with Crippen molar-refractivity contribution in [2.24, 2.45) is 0 Å². The highest BCUT2D eigenvalue weighted by molar-refractivity contribution is 7.24. The van der Waals surface area contributed by atoms with E-state index in [9.17, 15) is 9.59 Å². The Labute approximate surface area is 128 Å². The number of carbonyl (C=O) groups is 1. The van der Waals surface area contributed by atoms with Gasteiger partial charge in [0, 0.05) is 0 Å². The van der Waals surface area contributed by atoms with Gasteiger partial charge in [-0.2, -0.15) is 4.98 Å². The van der Waals surface area contributed by atoms with Crippen LogP contribution in [-0.4, -0.2) is 29.3 Å². The molecule has 1 aromatic carbocycles. The summed E-state index contributed by atoms with van der Waals surface area (Å²) in [7, 11) is 1.57. The fraction of sp³-hybridized carbons (Fsp3) is 0.214. The van der Waals surface area contributed by atoms with Crippen molar-refractivity contribution < 1.29 is 19.0 Å². The molecule has 8 heteroatoms. The van der Waals surface area contributed by atoms with Gasteiger partial charge in [0.15, 0.2) is 5.75 Å². The average molecular weight is 320 g/mol. The summed E-state index contributed by atoms with van der Waals surface area (Å²) in [5, 5.41) is 0. The van der Waals surface area contributed by atoms with E-state index in [0.717, 1.165) is 4.70 Å². The summed E-state index contributed by atoms with van der Waals surface area (Å²) in [4.78, 5) is 27.7. The van der Waals surface area contributed by atoms with Crippen LogP contribution in [0.15, 0.2) is 29.2 Å². The molecule has 22 heavy (non-hydrogen) atoms. The van der Waals surface area contributed by atoms with Crippen molar-refractivity contribution in [1.29, 1.82) is 0 Å². The van der Waals surface area contributed by atoms with Crippen LogP contribution in [0.1, 0.15) is 6.92 Å². The first-order valence-corrected chi connectivity index (χ1v) is 7.28. The zero-order chi connectivity index (χ0) is 15.7. The zero-order valence-corrected chi connectivity index (χ0v) is 12.7. The normalized spacial score (nSPS) is 10.8. The molecule has 0 N–H and O–H groups in total. The van der Waals surface area contributed by atoms with Crippen LogP contribution in [0, 0.1) is 0 Å². The molecule has 114 valence electrons. The van der Waals surface area contributed by atoms with Crippen LogP contribution in [0.4, 0.5) is 4.79 Å². The van der Waals surface area contributed by atoms with Gasteiger partial charge in [-0.3, -0.25) is 0 Å². The molecule has 0 amide bonds. The van der Waals surface area contributed by atoms with Crippen LogP contribution in [0.2, 0.25) is 0 Å². The van der Waals surface area contributed by atoms with Crippen LogP contribution in [0.25, 0.3) is 15.0 Å². The summed E-state index contributed by atoms with van der Waals surface area (Å²) in [6.45, 7) is 1.88. The minimum absolute atomic E-state index is 0.179. The van der Waals surface area contributed by atoms with Gasteiger partial charge in [-0.05, 0) is 25.1 Å². The predicted octanol–water partition coefficient (Wildman–Crippen LogP) is 2.45. The van der Waals surface area contributed by atoms with Crippen LogP contribution < -0.4 is 15.2 Å². The van der Waals surface area contributed by atoms with Crippen molar-refractivity contribution in [2.45, 2.75) is 6.92 Å². The molecule has 0 spiro atoms. The molecule has 0 unspecified atom stereocenters. The second-order valence-corrected chi connectivity index (χ2v) is 5.30. The first-order valence-electron chi connectivity index (χ1n) is 6.47. The summed E-state index contributed by atoms with van der Waals surface area (Å²) in [5.41, 5.74) is 0.232. The molecule has 3 aromatic rings. The molecule has 0 saturated carbocycles. The molecular weight excluding hydrogens is 308 g/mol. The molecule has 2 aromatic heterocycles. The van der Waals surface area contributed by atoms with Crippen molar-refractivity contribution in [2.75, 3.05) is 13.7 Å². The van der Waals surface area contributed by atoms with Gasteiger partial charge in [-0.15, -0.1) is 11.3 Å². The highest BCUT2D eigenvalue weighted by atomic mass is 32.1. The van der Waals surface area contributed by atoms with E-state index in [1.165, 1.54) is 21.9 Å². The summed E-state index contributed by atoms with van der Waals surface area (Å²) >= 11 is 1.30. The Morgan fingerprint density at radius 1 is 1.41 bits per heavy atom. The first-order chi connectivity index (χ1) is 10.6. The Morgan fingerprint density at radius 2 is 2.23 bits per heavy atom. The molecule has 0 fully saturated rings. The Balaban J connectivity index is 2.21. The van der Waals surface area contributed by atoms with E-state index >= 15 is 0 Å². The lowest BCUT2D eigenvalue weighted by atomic mass is 10.3. The van der Waals surface area contributed by atoms with E-state index in [0.29, 0.717) is 16.1 Å². The minimum atomic E-state index is -0.833. The molecule has 0 aliphatic carbocycles. The summed E-state index contributed by atoms with van der Waals surface area (Å²) in [5.74, 6) is 0.853. The molecule has 0 atom stereocenters. The minimum Gasteiger partial charge on any atom is -0.497 e. The molecule has 0 aliphatic rings. The maximum Gasteiger partial charge on any atom is 0.513 e. The molecule has 0 saturated heterocycles. The molecule has 0 bridgehead atoms. The fourth-order valence-corrected chi connectivity index (χ4v) is 3.14. The fourth-order valence-electron chi connectivity index (χ4n) is 2.03. The number of hydrogen-bond donors (Lipinski definition) is 0. The van der Waals surface area contributed by atoms with Gasteiger partial charge in [-0.1, -0.05) is 0 Å². The maximum atomic E-state index is 12.0. The predicted molar refractivity (Wildman–Crippen MR) is 81.0 cm³/mol. The molecular formula is C14H12N2O5S. The van der Waals surface area contributed by atoms with E-state index in [-0.39, 0.29) is 12.4 Å². The standard InChI is InChI=1S/C14H12N2O5S/c1-3-20-14(18)21-10-7-15-13(17)16-9-5-4-8(19-2)6-11(9)22-12(10)16/h4-7H,3H2,1-2H3. The van der Waals surface area contributed by atoms with E-state index < -0.39 is 11.8 Å². The Bertz CT molecular complexity index is 915. The van der Waals surface area contributed by atoms with Gasteiger partial charge < -0.3 is 14.2 Å². The van der Waals surface area contributed by atoms with Crippen molar-refractivity contribution in [3.8, 4) is 11.5 Å². The number of ether oxygens (including phenoxy) is 3. The lowest BCUT2D eigenvalue weighted by molar-refractivity contribution is 0.104. The largest absolute Gasteiger partial charge is 0.513 e. The van der Waals surface area contributed by atoms with Gasteiger partial charge in [0.05, 0.1) is 30.1 Å². The van der Waals surface area contributed by atoms with Crippen molar-refractivity contribution in [3.05, 3.63) is 34.9 Å². The number of thiazole rings is 1. The molecule has 0 radical (unpaired) electrons.